The SMILES string of the molecule is CC(Cc1cccs1)N(C)c1ncc(N)cc1C#N. The Labute approximate surface area is 117 Å². The van der Waals surface area contributed by atoms with E-state index in [9.17, 15) is 0 Å². The molecule has 2 aromatic heterocycles. The quantitative estimate of drug-likeness (QED) is 0.929. The summed E-state index contributed by atoms with van der Waals surface area (Å²) < 4.78 is 0. The summed E-state index contributed by atoms with van der Waals surface area (Å²) in [6, 6.07) is 8.25. The Hall–Kier alpha value is -2.06. The summed E-state index contributed by atoms with van der Waals surface area (Å²) in [5.74, 6) is 0.681. The maximum absolute atomic E-state index is 9.16. The molecule has 0 radical (unpaired) electrons. The molecule has 5 heteroatoms. The minimum atomic E-state index is 0.266. The van der Waals surface area contributed by atoms with Crippen molar-refractivity contribution in [3.05, 3.63) is 40.2 Å². The Morgan fingerprint density at radius 2 is 2.37 bits per heavy atom. The molecule has 4 nitrogen and oxygen atoms in total. The lowest BCUT2D eigenvalue weighted by Crippen LogP contribution is -2.31. The van der Waals surface area contributed by atoms with Crippen LogP contribution in [-0.2, 0) is 6.42 Å². The summed E-state index contributed by atoms with van der Waals surface area (Å²) in [6.07, 6.45) is 2.52. The number of likely N-dealkylation sites (N-methyl/N-ethyl adjacent to an activating group) is 1. The van der Waals surface area contributed by atoms with Crippen LogP contribution in [0.1, 0.15) is 17.4 Å². The second-order valence-corrected chi connectivity index (χ2v) is 5.53. The van der Waals surface area contributed by atoms with Gasteiger partial charge in [-0.05, 0) is 24.4 Å². The fraction of sp³-hybridized carbons (Fsp3) is 0.286. The number of nitriles is 1. The molecule has 19 heavy (non-hydrogen) atoms. The van der Waals surface area contributed by atoms with Crippen LogP contribution in [0.15, 0.2) is 29.8 Å². The van der Waals surface area contributed by atoms with Gasteiger partial charge in [-0.3, -0.25) is 0 Å². The van der Waals surface area contributed by atoms with Gasteiger partial charge in [0, 0.05) is 24.4 Å². The van der Waals surface area contributed by atoms with Crippen molar-refractivity contribution in [2.75, 3.05) is 17.7 Å². The van der Waals surface area contributed by atoms with E-state index in [-0.39, 0.29) is 6.04 Å². The average Bonchev–Trinajstić information content (AvgIpc) is 2.90. The molecule has 0 spiro atoms. The molecule has 0 saturated carbocycles. The third kappa shape index (κ3) is 3.04. The second kappa shape index (κ2) is 5.72. The summed E-state index contributed by atoms with van der Waals surface area (Å²) in [5.41, 5.74) is 6.69. The largest absolute Gasteiger partial charge is 0.397 e. The minimum absolute atomic E-state index is 0.266. The molecule has 1 unspecified atom stereocenters. The van der Waals surface area contributed by atoms with Gasteiger partial charge in [-0.25, -0.2) is 4.98 Å². The third-order valence-electron chi connectivity index (χ3n) is 3.08. The van der Waals surface area contributed by atoms with Gasteiger partial charge >= 0.3 is 0 Å². The van der Waals surface area contributed by atoms with Crippen LogP contribution < -0.4 is 10.6 Å². The van der Waals surface area contributed by atoms with E-state index >= 15 is 0 Å². The summed E-state index contributed by atoms with van der Waals surface area (Å²) in [5, 5.41) is 11.2. The molecule has 0 aliphatic heterocycles. The van der Waals surface area contributed by atoms with Gasteiger partial charge in [0.1, 0.15) is 11.9 Å². The molecule has 0 amide bonds. The maximum Gasteiger partial charge on any atom is 0.146 e. The molecule has 98 valence electrons. The van der Waals surface area contributed by atoms with Gasteiger partial charge in [0.25, 0.3) is 0 Å². The molecule has 0 bridgehead atoms. The normalized spacial score (nSPS) is 11.8. The molecule has 2 N–H and O–H groups in total. The van der Waals surface area contributed by atoms with Gasteiger partial charge in [0.05, 0.1) is 17.4 Å². The standard InChI is InChI=1S/C14H16N4S/c1-10(6-13-4-3-5-19-13)18(2)14-11(8-15)7-12(16)9-17-14/h3-5,7,9-10H,6,16H2,1-2H3. The average molecular weight is 272 g/mol. The first-order valence-corrected chi connectivity index (χ1v) is 6.90. The highest BCUT2D eigenvalue weighted by Crippen LogP contribution is 2.22. The van der Waals surface area contributed by atoms with Crippen LogP contribution in [0, 0.1) is 11.3 Å². The van der Waals surface area contributed by atoms with Crippen LogP contribution in [0.3, 0.4) is 0 Å². The van der Waals surface area contributed by atoms with E-state index in [0.29, 0.717) is 17.1 Å². The van der Waals surface area contributed by atoms with Crippen molar-refractivity contribution in [1.82, 2.24) is 4.98 Å². The number of nitrogens with zero attached hydrogens (tertiary/aromatic N) is 3. The third-order valence-corrected chi connectivity index (χ3v) is 3.98. The van der Waals surface area contributed by atoms with Gasteiger partial charge in [0.15, 0.2) is 0 Å². The van der Waals surface area contributed by atoms with Crippen molar-refractivity contribution in [1.29, 1.82) is 5.26 Å². The Balaban J connectivity index is 2.19. The minimum Gasteiger partial charge on any atom is -0.397 e. The maximum atomic E-state index is 9.16. The van der Waals surface area contributed by atoms with Crippen LogP contribution in [-0.4, -0.2) is 18.1 Å². The Kier molecular flexibility index (Phi) is 4.03. The fourth-order valence-corrected chi connectivity index (χ4v) is 2.73. The van der Waals surface area contributed by atoms with Crippen molar-refractivity contribution < 1.29 is 0 Å². The van der Waals surface area contributed by atoms with E-state index in [1.54, 1.807) is 23.6 Å². The van der Waals surface area contributed by atoms with Gasteiger partial charge in [-0.15, -0.1) is 11.3 Å². The van der Waals surface area contributed by atoms with E-state index in [1.807, 2.05) is 11.9 Å². The van der Waals surface area contributed by atoms with E-state index in [4.69, 9.17) is 11.0 Å². The summed E-state index contributed by atoms with van der Waals surface area (Å²) >= 11 is 1.74. The van der Waals surface area contributed by atoms with Crippen LogP contribution in [0.25, 0.3) is 0 Å². The molecule has 0 fully saturated rings. The number of hydrogen-bond donors (Lipinski definition) is 1. The zero-order valence-corrected chi connectivity index (χ0v) is 11.8. The van der Waals surface area contributed by atoms with Crippen molar-refractivity contribution in [3.8, 4) is 6.07 Å². The zero-order chi connectivity index (χ0) is 13.8. The number of hydrogen-bond acceptors (Lipinski definition) is 5. The number of anilines is 2. The molecule has 2 heterocycles. The van der Waals surface area contributed by atoms with Crippen LogP contribution >= 0.6 is 11.3 Å². The molecule has 0 aliphatic carbocycles. The van der Waals surface area contributed by atoms with Crippen LogP contribution in [0.2, 0.25) is 0 Å². The number of nitrogen functional groups attached to an aromatic ring is 1. The zero-order valence-electron chi connectivity index (χ0n) is 11.0. The lowest BCUT2D eigenvalue weighted by Gasteiger charge is -2.26. The summed E-state index contributed by atoms with van der Waals surface area (Å²) in [7, 11) is 1.96. The van der Waals surface area contributed by atoms with Crippen molar-refractivity contribution in [3.63, 3.8) is 0 Å². The second-order valence-electron chi connectivity index (χ2n) is 4.50. The van der Waals surface area contributed by atoms with Gasteiger partial charge in [-0.1, -0.05) is 6.07 Å². The summed E-state index contributed by atoms with van der Waals surface area (Å²) in [6.45, 7) is 2.12. The van der Waals surface area contributed by atoms with E-state index in [1.165, 1.54) is 4.88 Å². The van der Waals surface area contributed by atoms with Crippen LogP contribution in [0.4, 0.5) is 11.5 Å². The Morgan fingerprint density at radius 3 is 3.00 bits per heavy atom. The van der Waals surface area contributed by atoms with Gasteiger partial charge in [-0.2, -0.15) is 5.26 Å². The first-order chi connectivity index (χ1) is 9.11. The lowest BCUT2D eigenvalue weighted by molar-refractivity contribution is 0.680. The van der Waals surface area contributed by atoms with Gasteiger partial charge in [0.2, 0.25) is 0 Å². The molecule has 0 aliphatic rings. The number of rotatable bonds is 4. The van der Waals surface area contributed by atoms with Crippen molar-refractivity contribution >= 4 is 22.8 Å². The molecule has 0 saturated heterocycles. The highest BCUT2D eigenvalue weighted by Gasteiger charge is 2.16. The van der Waals surface area contributed by atoms with Crippen molar-refractivity contribution in [2.45, 2.75) is 19.4 Å². The highest BCUT2D eigenvalue weighted by atomic mass is 32.1. The number of thiophene rings is 1. The first-order valence-electron chi connectivity index (χ1n) is 6.02. The summed E-state index contributed by atoms with van der Waals surface area (Å²) in [4.78, 5) is 7.63. The highest BCUT2D eigenvalue weighted by molar-refractivity contribution is 7.09. The molecule has 0 aromatic carbocycles. The number of pyridine rings is 1. The first kappa shape index (κ1) is 13.4. The molecule has 2 aromatic rings. The van der Waals surface area contributed by atoms with Crippen LogP contribution in [0.5, 0.6) is 0 Å². The predicted octanol–water partition coefficient (Wildman–Crippen LogP) is 2.66. The predicted molar refractivity (Wildman–Crippen MR) is 79.3 cm³/mol. The number of aromatic nitrogens is 1. The number of nitrogens with two attached hydrogens (primary N) is 1. The monoisotopic (exact) mass is 272 g/mol. The lowest BCUT2D eigenvalue weighted by atomic mass is 10.1. The molecule has 2 rings (SSSR count). The molecule has 1 atom stereocenters. The van der Waals surface area contributed by atoms with E-state index in [0.717, 1.165) is 6.42 Å². The van der Waals surface area contributed by atoms with E-state index < -0.39 is 0 Å². The van der Waals surface area contributed by atoms with Gasteiger partial charge < -0.3 is 10.6 Å². The fourth-order valence-electron chi connectivity index (χ4n) is 1.90. The Bertz CT molecular complexity index is 586. The molecular weight excluding hydrogens is 256 g/mol. The van der Waals surface area contributed by atoms with E-state index in [2.05, 4.69) is 35.5 Å². The topological polar surface area (TPSA) is 65.9 Å². The Morgan fingerprint density at radius 1 is 1.58 bits per heavy atom. The molecular formula is C14H16N4S. The van der Waals surface area contributed by atoms with Crippen molar-refractivity contribution in [2.24, 2.45) is 0 Å². The smallest absolute Gasteiger partial charge is 0.146 e.